The zero-order valence-corrected chi connectivity index (χ0v) is 15.4. The van der Waals surface area contributed by atoms with Crippen molar-refractivity contribution >= 4 is 11.8 Å². The molecule has 1 N–H and O–H groups in total. The number of methoxy groups -OCH3 is 1. The third-order valence-corrected chi connectivity index (χ3v) is 4.57. The summed E-state index contributed by atoms with van der Waals surface area (Å²) >= 11 is 1.29. The summed E-state index contributed by atoms with van der Waals surface area (Å²) in [4.78, 5) is 0. The molecule has 0 radical (unpaired) electrons. The van der Waals surface area contributed by atoms with Gasteiger partial charge in [0, 0.05) is 11.3 Å². The number of hydrogen-bond donors (Lipinski definition) is 1. The lowest BCUT2D eigenvalue weighted by Gasteiger charge is -2.11. The van der Waals surface area contributed by atoms with Gasteiger partial charge >= 0.3 is 0 Å². The summed E-state index contributed by atoms with van der Waals surface area (Å²) in [6, 6.07) is 15.1. The van der Waals surface area contributed by atoms with Crippen LogP contribution >= 0.6 is 11.8 Å². The third kappa shape index (κ3) is 5.00. The van der Waals surface area contributed by atoms with Gasteiger partial charge in [0.1, 0.15) is 18.1 Å². The number of aliphatic hydroxyl groups is 1. The fraction of sp³-hybridized carbons (Fsp3) is 0.263. The minimum atomic E-state index is -0.641. The third-order valence-electron chi connectivity index (χ3n) is 3.61. The van der Waals surface area contributed by atoms with Crippen LogP contribution in [-0.2, 0) is 0 Å². The number of aryl methyl sites for hydroxylation is 1. The fourth-order valence-corrected chi connectivity index (χ4v) is 2.83. The number of benzene rings is 2. The van der Waals surface area contributed by atoms with E-state index in [0.717, 1.165) is 22.6 Å². The van der Waals surface area contributed by atoms with E-state index in [0.29, 0.717) is 16.9 Å². The molecule has 3 aromatic rings. The van der Waals surface area contributed by atoms with E-state index in [-0.39, 0.29) is 6.61 Å². The summed E-state index contributed by atoms with van der Waals surface area (Å²) in [6.07, 6.45) is -0.641. The lowest BCUT2D eigenvalue weighted by Crippen LogP contribution is -2.20. The van der Waals surface area contributed by atoms with Gasteiger partial charge in [-0.3, -0.25) is 0 Å². The maximum Gasteiger partial charge on any atom is 0.276 e. The Morgan fingerprint density at radius 3 is 2.42 bits per heavy atom. The van der Waals surface area contributed by atoms with Crippen molar-refractivity contribution in [3.8, 4) is 23.0 Å². The summed E-state index contributed by atoms with van der Waals surface area (Å²) in [7, 11) is 1.62. The Morgan fingerprint density at radius 2 is 1.73 bits per heavy atom. The predicted molar refractivity (Wildman–Crippen MR) is 99.7 cm³/mol. The van der Waals surface area contributed by atoms with Crippen LogP contribution in [0.1, 0.15) is 5.56 Å². The lowest BCUT2D eigenvalue weighted by atomic mass is 10.2. The van der Waals surface area contributed by atoms with E-state index in [9.17, 15) is 5.11 Å². The SMILES string of the molecule is COc1ccc(-c2nnc(SC[C@@H](O)COc3ccc(C)cc3)o2)cc1. The molecule has 0 saturated heterocycles. The molecule has 3 rings (SSSR count). The van der Waals surface area contributed by atoms with Gasteiger partial charge in [-0.05, 0) is 43.3 Å². The normalized spacial score (nSPS) is 12.0. The average molecular weight is 372 g/mol. The smallest absolute Gasteiger partial charge is 0.276 e. The molecule has 0 amide bonds. The zero-order chi connectivity index (χ0) is 18.4. The number of aromatic nitrogens is 2. The van der Waals surface area contributed by atoms with Gasteiger partial charge in [-0.15, -0.1) is 10.2 Å². The van der Waals surface area contributed by atoms with Crippen molar-refractivity contribution in [3.63, 3.8) is 0 Å². The number of rotatable bonds is 8. The number of nitrogens with zero attached hydrogens (tertiary/aromatic N) is 2. The standard InChI is InChI=1S/C19H20N2O4S/c1-13-3-7-17(8-4-13)24-11-15(22)12-26-19-21-20-18(25-19)14-5-9-16(23-2)10-6-14/h3-10,15,22H,11-12H2,1-2H3/t15-/m0/s1. The quantitative estimate of drug-likeness (QED) is 0.606. The topological polar surface area (TPSA) is 77.6 Å². The van der Waals surface area contributed by atoms with Crippen LogP contribution in [0.2, 0.25) is 0 Å². The molecule has 1 aromatic heterocycles. The van der Waals surface area contributed by atoms with Gasteiger partial charge in [-0.25, -0.2) is 0 Å². The molecular formula is C19H20N2O4S. The number of ether oxygens (including phenoxy) is 2. The maximum absolute atomic E-state index is 10.1. The van der Waals surface area contributed by atoms with Gasteiger partial charge in [0.05, 0.1) is 13.2 Å². The van der Waals surface area contributed by atoms with E-state index in [2.05, 4.69) is 10.2 Å². The van der Waals surface area contributed by atoms with Crippen molar-refractivity contribution in [2.24, 2.45) is 0 Å². The van der Waals surface area contributed by atoms with Crippen molar-refractivity contribution in [1.29, 1.82) is 0 Å². The van der Waals surface area contributed by atoms with E-state index in [1.165, 1.54) is 11.8 Å². The summed E-state index contributed by atoms with van der Waals surface area (Å²) in [5, 5.41) is 18.5. The fourth-order valence-electron chi connectivity index (χ4n) is 2.16. The summed E-state index contributed by atoms with van der Waals surface area (Å²) < 4.78 is 16.3. The summed E-state index contributed by atoms with van der Waals surface area (Å²) in [5.74, 6) is 2.33. The highest BCUT2D eigenvalue weighted by Gasteiger charge is 2.12. The molecule has 6 nitrogen and oxygen atoms in total. The molecule has 0 bridgehead atoms. The molecule has 136 valence electrons. The summed E-state index contributed by atoms with van der Waals surface area (Å²) in [5.41, 5.74) is 1.98. The minimum Gasteiger partial charge on any atom is -0.497 e. The molecule has 1 atom stereocenters. The Kier molecular flexibility index (Phi) is 6.14. The van der Waals surface area contributed by atoms with Crippen LogP contribution < -0.4 is 9.47 Å². The average Bonchev–Trinajstić information content (AvgIpc) is 3.15. The molecule has 0 aliphatic heterocycles. The van der Waals surface area contributed by atoms with Crippen LogP contribution in [0, 0.1) is 6.92 Å². The van der Waals surface area contributed by atoms with Crippen LogP contribution in [0.4, 0.5) is 0 Å². The van der Waals surface area contributed by atoms with Crippen molar-refractivity contribution in [1.82, 2.24) is 10.2 Å². The Labute approximate surface area is 156 Å². The molecular weight excluding hydrogens is 352 g/mol. The molecule has 26 heavy (non-hydrogen) atoms. The van der Waals surface area contributed by atoms with Gasteiger partial charge in [0.15, 0.2) is 0 Å². The first-order chi connectivity index (χ1) is 12.6. The van der Waals surface area contributed by atoms with E-state index >= 15 is 0 Å². The van der Waals surface area contributed by atoms with E-state index in [1.54, 1.807) is 7.11 Å². The van der Waals surface area contributed by atoms with Crippen LogP contribution in [0.15, 0.2) is 58.2 Å². The van der Waals surface area contributed by atoms with Crippen molar-refractivity contribution in [3.05, 3.63) is 54.1 Å². The molecule has 0 unspecified atom stereocenters. The molecule has 0 aliphatic carbocycles. The molecule has 2 aromatic carbocycles. The highest BCUT2D eigenvalue weighted by atomic mass is 32.2. The second kappa shape index (κ2) is 8.73. The number of thioether (sulfide) groups is 1. The predicted octanol–water partition coefficient (Wildman–Crippen LogP) is 3.59. The first-order valence-electron chi connectivity index (χ1n) is 8.12. The molecule has 7 heteroatoms. The van der Waals surface area contributed by atoms with E-state index in [4.69, 9.17) is 13.9 Å². The van der Waals surface area contributed by atoms with Crippen LogP contribution in [-0.4, -0.2) is 40.9 Å². The van der Waals surface area contributed by atoms with Gasteiger partial charge in [-0.2, -0.15) is 0 Å². The largest absolute Gasteiger partial charge is 0.497 e. The second-order valence-corrected chi connectivity index (χ2v) is 6.66. The minimum absolute atomic E-state index is 0.204. The van der Waals surface area contributed by atoms with Crippen LogP contribution in [0.3, 0.4) is 0 Å². The van der Waals surface area contributed by atoms with Gasteiger partial charge in [0.2, 0.25) is 5.89 Å². The summed E-state index contributed by atoms with van der Waals surface area (Å²) in [6.45, 7) is 2.22. The van der Waals surface area contributed by atoms with Crippen LogP contribution in [0.25, 0.3) is 11.5 Å². The Balaban J connectivity index is 1.48. The molecule has 0 fully saturated rings. The molecule has 1 heterocycles. The van der Waals surface area contributed by atoms with Crippen molar-refractivity contribution in [2.75, 3.05) is 19.5 Å². The highest BCUT2D eigenvalue weighted by molar-refractivity contribution is 7.99. The second-order valence-electron chi connectivity index (χ2n) is 5.69. The Hall–Kier alpha value is -2.51. The van der Waals surface area contributed by atoms with Crippen molar-refractivity contribution in [2.45, 2.75) is 18.3 Å². The first-order valence-corrected chi connectivity index (χ1v) is 9.11. The molecule has 0 spiro atoms. The highest BCUT2D eigenvalue weighted by Crippen LogP contribution is 2.25. The first kappa shape index (κ1) is 18.3. The van der Waals surface area contributed by atoms with Gasteiger partial charge in [0.25, 0.3) is 5.22 Å². The Morgan fingerprint density at radius 1 is 1.04 bits per heavy atom. The van der Waals surface area contributed by atoms with E-state index in [1.807, 2.05) is 55.5 Å². The van der Waals surface area contributed by atoms with Crippen molar-refractivity contribution < 1.29 is 19.0 Å². The Bertz CT molecular complexity index is 818. The molecule has 0 saturated carbocycles. The number of hydrogen-bond acceptors (Lipinski definition) is 7. The maximum atomic E-state index is 10.1. The zero-order valence-electron chi connectivity index (χ0n) is 14.6. The van der Waals surface area contributed by atoms with Crippen LogP contribution in [0.5, 0.6) is 11.5 Å². The molecule has 0 aliphatic rings. The number of aliphatic hydroxyl groups excluding tert-OH is 1. The van der Waals surface area contributed by atoms with Gasteiger partial charge < -0.3 is 19.0 Å². The van der Waals surface area contributed by atoms with Gasteiger partial charge in [-0.1, -0.05) is 29.5 Å². The monoisotopic (exact) mass is 372 g/mol. The lowest BCUT2D eigenvalue weighted by molar-refractivity contribution is 0.126. The van der Waals surface area contributed by atoms with E-state index < -0.39 is 6.10 Å².